The first kappa shape index (κ1) is 15.5. The minimum atomic E-state index is 0.749. The molecule has 1 aromatic heterocycles. The average molecular weight is 297 g/mol. The molecular formula is C15H25ClN4. The van der Waals surface area contributed by atoms with Gasteiger partial charge in [-0.15, -0.1) is 0 Å². The van der Waals surface area contributed by atoms with Crippen molar-refractivity contribution in [3.63, 3.8) is 0 Å². The van der Waals surface area contributed by atoms with Crippen LogP contribution in [0.4, 0.5) is 5.82 Å². The maximum absolute atomic E-state index is 6.24. The number of anilines is 1. The Kier molecular flexibility index (Phi) is 5.64. The smallest absolute Gasteiger partial charge is 0.126 e. The van der Waals surface area contributed by atoms with Crippen molar-refractivity contribution >= 4 is 17.4 Å². The number of aromatic nitrogens is 1. The number of nitrogens with zero attached hydrogens (tertiary/aromatic N) is 3. The summed E-state index contributed by atoms with van der Waals surface area (Å²) in [6.07, 6.45) is 2.58. The van der Waals surface area contributed by atoms with E-state index < -0.39 is 0 Å². The summed E-state index contributed by atoms with van der Waals surface area (Å²) in [5.41, 5.74) is 0.953. The fraction of sp³-hybridized carbons (Fsp3) is 0.667. The number of likely N-dealkylation sites (tertiary alicyclic amines) is 1. The Bertz CT molecular complexity index is 430. The molecule has 0 atom stereocenters. The molecule has 0 radical (unpaired) electrons. The van der Waals surface area contributed by atoms with Crippen LogP contribution in [0.5, 0.6) is 0 Å². The van der Waals surface area contributed by atoms with E-state index in [1.807, 2.05) is 19.2 Å². The fourth-order valence-electron chi connectivity index (χ4n) is 2.74. The van der Waals surface area contributed by atoms with E-state index in [2.05, 4.69) is 34.2 Å². The van der Waals surface area contributed by atoms with Crippen LogP contribution in [0, 0.1) is 5.92 Å². The molecule has 1 aliphatic heterocycles. The Labute approximate surface area is 127 Å². The average Bonchev–Trinajstić information content (AvgIpc) is 2.44. The number of hydrogen-bond donors (Lipinski definition) is 1. The summed E-state index contributed by atoms with van der Waals surface area (Å²) in [5, 5.41) is 3.81. The Hall–Kier alpha value is -0.840. The van der Waals surface area contributed by atoms with E-state index in [0.717, 1.165) is 35.5 Å². The number of hydrogen-bond acceptors (Lipinski definition) is 4. The normalized spacial score (nSPS) is 17.6. The van der Waals surface area contributed by atoms with Gasteiger partial charge in [-0.2, -0.15) is 0 Å². The van der Waals surface area contributed by atoms with Gasteiger partial charge in [-0.25, -0.2) is 4.98 Å². The molecule has 0 aromatic carbocycles. The SMILES string of the molecule is CNc1ccc(Cl)c(CN(C)CC2CCN(C)CC2)n1. The molecule has 20 heavy (non-hydrogen) atoms. The third-order valence-electron chi connectivity index (χ3n) is 4.00. The van der Waals surface area contributed by atoms with Crippen LogP contribution in [0.2, 0.25) is 5.02 Å². The molecule has 2 heterocycles. The van der Waals surface area contributed by atoms with Crippen LogP contribution in [0.15, 0.2) is 12.1 Å². The van der Waals surface area contributed by atoms with Crippen LogP contribution in [-0.4, -0.2) is 55.6 Å². The molecule has 1 N–H and O–H groups in total. The second kappa shape index (κ2) is 7.25. The molecule has 1 aromatic rings. The van der Waals surface area contributed by atoms with Gasteiger partial charge in [0.15, 0.2) is 0 Å². The van der Waals surface area contributed by atoms with E-state index in [0.29, 0.717) is 0 Å². The summed E-state index contributed by atoms with van der Waals surface area (Å²) in [6, 6.07) is 3.82. The van der Waals surface area contributed by atoms with Crippen molar-refractivity contribution in [2.75, 3.05) is 46.1 Å². The van der Waals surface area contributed by atoms with E-state index >= 15 is 0 Å². The van der Waals surface area contributed by atoms with Crippen molar-refractivity contribution in [2.45, 2.75) is 19.4 Å². The Morgan fingerprint density at radius 1 is 1.40 bits per heavy atom. The van der Waals surface area contributed by atoms with Gasteiger partial charge in [0.2, 0.25) is 0 Å². The maximum atomic E-state index is 6.24. The first-order valence-corrected chi connectivity index (χ1v) is 7.66. The Balaban J connectivity index is 1.89. The predicted octanol–water partition coefficient (Wildman–Crippen LogP) is 2.55. The van der Waals surface area contributed by atoms with Gasteiger partial charge in [-0.05, 0) is 58.1 Å². The van der Waals surface area contributed by atoms with Gasteiger partial charge in [0.1, 0.15) is 5.82 Å². The lowest BCUT2D eigenvalue weighted by Gasteiger charge is -2.31. The number of pyridine rings is 1. The first-order chi connectivity index (χ1) is 9.58. The number of piperidine rings is 1. The first-order valence-electron chi connectivity index (χ1n) is 7.28. The molecule has 1 saturated heterocycles. The third kappa shape index (κ3) is 4.33. The molecule has 2 rings (SSSR count). The number of rotatable bonds is 5. The van der Waals surface area contributed by atoms with Crippen LogP contribution >= 0.6 is 11.6 Å². The molecule has 4 nitrogen and oxygen atoms in total. The van der Waals surface area contributed by atoms with E-state index in [9.17, 15) is 0 Å². The topological polar surface area (TPSA) is 31.4 Å². The highest BCUT2D eigenvalue weighted by Crippen LogP contribution is 2.20. The van der Waals surface area contributed by atoms with Crippen molar-refractivity contribution in [3.8, 4) is 0 Å². The fourth-order valence-corrected chi connectivity index (χ4v) is 2.91. The Morgan fingerprint density at radius 3 is 2.75 bits per heavy atom. The zero-order chi connectivity index (χ0) is 14.5. The molecule has 0 unspecified atom stereocenters. The minimum absolute atomic E-state index is 0.749. The minimum Gasteiger partial charge on any atom is -0.373 e. The van der Waals surface area contributed by atoms with Crippen LogP contribution < -0.4 is 5.32 Å². The molecule has 0 amide bonds. The van der Waals surface area contributed by atoms with Crippen molar-refractivity contribution in [1.82, 2.24) is 14.8 Å². The second-order valence-corrected chi connectivity index (χ2v) is 6.23. The van der Waals surface area contributed by atoms with Gasteiger partial charge in [-0.1, -0.05) is 11.6 Å². The van der Waals surface area contributed by atoms with Gasteiger partial charge < -0.3 is 15.1 Å². The summed E-state index contributed by atoms with van der Waals surface area (Å²) in [4.78, 5) is 9.29. The van der Waals surface area contributed by atoms with Crippen LogP contribution in [0.1, 0.15) is 18.5 Å². The van der Waals surface area contributed by atoms with E-state index in [1.54, 1.807) is 0 Å². The third-order valence-corrected chi connectivity index (χ3v) is 4.35. The molecule has 1 aliphatic rings. The highest BCUT2D eigenvalue weighted by molar-refractivity contribution is 6.31. The van der Waals surface area contributed by atoms with Gasteiger partial charge >= 0.3 is 0 Å². The lowest BCUT2D eigenvalue weighted by atomic mass is 9.96. The Morgan fingerprint density at radius 2 is 2.10 bits per heavy atom. The van der Waals surface area contributed by atoms with Crippen LogP contribution in [-0.2, 0) is 6.54 Å². The zero-order valence-electron chi connectivity index (χ0n) is 12.7. The highest BCUT2D eigenvalue weighted by atomic mass is 35.5. The molecule has 112 valence electrons. The highest BCUT2D eigenvalue weighted by Gasteiger charge is 2.18. The van der Waals surface area contributed by atoms with Gasteiger partial charge in [-0.3, -0.25) is 0 Å². The van der Waals surface area contributed by atoms with E-state index in [4.69, 9.17) is 11.6 Å². The molecule has 0 aliphatic carbocycles. The van der Waals surface area contributed by atoms with Crippen molar-refractivity contribution in [1.29, 1.82) is 0 Å². The number of halogens is 1. The summed E-state index contributed by atoms with van der Waals surface area (Å²) in [7, 11) is 6.23. The van der Waals surface area contributed by atoms with Crippen LogP contribution in [0.25, 0.3) is 0 Å². The van der Waals surface area contributed by atoms with E-state index in [1.165, 1.54) is 25.9 Å². The maximum Gasteiger partial charge on any atom is 0.126 e. The molecule has 1 fully saturated rings. The standard InChI is InChI=1S/C15H25ClN4/c1-17-15-5-4-13(16)14(18-15)11-20(3)10-12-6-8-19(2)9-7-12/h4-5,12H,6-11H2,1-3H3,(H,17,18). The van der Waals surface area contributed by atoms with E-state index in [-0.39, 0.29) is 0 Å². The quantitative estimate of drug-likeness (QED) is 0.905. The zero-order valence-corrected chi connectivity index (χ0v) is 13.5. The molecule has 0 spiro atoms. The van der Waals surface area contributed by atoms with Crippen LogP contribution in [0.3, 0.4) is 0 Å². The van der Waals surface area contributed by atoms with Crippen molar-refractivity contribution in [3.05, 3.63) is 22.8 Å². The van der Waals surface area contributed by atoms with Gasteiger partial charge in [0, 0.05) is 20.1 Å². The van der Waals surface area contributed by atoms with Gasteiger partial charge in [0.25, 0.3) is 0 Å². The summed E-state index contributed by atoms with van der Waals surface area (Å²) >= 11 is 6.24. The lowest BCUT2D eigenvalue weighted by molar-refractivity contribution is 0.172. The molecular weight excluding hydrogens is 272 g/mol. The van der Waals surface area contributed by atoms with Gasteiger partial charge in [0.05, 0.1) is 10.7 Å². The monoisotopic (exact) mass is 296 g/mol. The van der Waals surface area contributed by atoms with Crippen molar-refractivity contribution < 1.29 is 0 Å². The lowest BCUT2D eigenvalue weighted by Crippen LogP contribution is -2.35. The summed E-state index contributed by atoms with van der Waals surface area (Å²) in [5.74, 6) is 1.67. The molecule has 5 heteroatoms. The molecule has 0 saturated carbocycles. The predicted molar refractivity (Wildman–Crippen MR) is 85.3 cm³/mol. The summed E-state index contributed by atoms with van der Waals surface area (Å²) in [6.45, 7) is 4.36. The second-order valence-electron chi connectivity index (χ2n) is 5.82. The number of nitrogens with one attached hydrogen (secondary N) is 1. The van der Waals surface area contributed by atoms with Crippen molar-refractivity contribution in [2.24, 2.45) is 5.92 Å². The summed E-state index contributed by atoms with van der Waals surface area (Å²) < 4.78 is 0. The largest absolute Gasteiger partial charge is 0.373 e. The molecule has 0 bridgehead atoms.